The highest BCUT2D eigenvalue weighted by molar-refractivity contribution is 6.07. The molecule has 9 N–H and O–H groups in total. The Bertz CT molecular complexity index is 4000. The van der Waals surface area contributed by atoms with Crippen LogP contribution >= 0.6 is 0 Å². The Morgan fingerprint density at radius 1 is 0.837 bits per heavy atom. The Hall–Kier alpha value is -9.51. The number of carbonyl (C=O) groups is 6. The van der Waals surface area contributed by atoms with E-state index >= 15 is 0 Å². The number of ether oxygens (including phenoxy) is 2. The molecule has 11 rings (SSSR count). The highest BCUT2D eigenvalue weighted by Gasteiger charge is 2.44. The van der Waals surface area contributed by atoms with Crippen LogP contribution in [0.3, 0.4) is 0 Å². The van der Waals surface area contributed by atoms with Gasteiger partial charge in [-0.05, 0) is 98.5 Å². The fourth-order valence-corrected chi connectivity index (χ4v) is 12.4. The number of aromatic amines is 1. The predicted molar refractivity (Wildman–Crippen MR) is 347 cm³/mol. The molecule has 0 spiro atoms. The summed E-state index contributed by atoms with van der Waals surface area (Å²) in [5.41, 5.74) is 10.00. The Balaban J connectivity index is 0.690. The molecule has 1 aliphatic carbocycles. The largest absolute Gasteiger partial charge is 0.495 e. The highest BCUT2D eigenvalue weighted by atomic mass is 16.5. The minimum atomic E-state index is -1.27. The minimum Gasteiger partial charge on any atom is -0.495 e. The van der Waals surface area contributed by atoms with Crippen LogP contribution in [0, 0.1) is 11.8 Å². The average molecular weight is 1250 g/mol. The zero-order valence-corrected chi connectivity index (χ0v) is 52.0. The van der Waals surface area contributed by atoms with Crippen molar-refractivity contribution in [2.24, 2.45) is 12.8 Å². The van der Waals surface area contributed by atoms with E-state index in [2.05, 4.69) is 66.2 Å². The van der Waals surface area contributed by atoms with Crippen LogP contribution in [-0.2, 0) is 47.8 Å². The van der Waals surface area contributed by atoms with Crippen LogP contribution in [-0.4, -0.2) is 173 Å². The first-order valence-corrected chi connectivity index (χ1v) is 31.3. The molecular weight excluding hydrogens is 1170 g/mol. The molecule has 0 radical (unpaired) electrons. The standard InChI is InChI=1S/C68H78N14O10/c1-67(74-28-10-13-45-16-21-56(91-3)55(36-45)81-32-25-60(87)82(66(81)90)43-73-58(85)39-72-63(88)54(35-44-11-6-4-7-12-44)75-59(86)40-71-57(84)38-69)26-33-79(34-27-67)48-23-30-80(31-24-48)65-76-53-20-17-46(52-41-78(2)64(89)61-50(52)22-29-70-61)37-51(53)62(77-65)68(42-83,92-49-18-19-49)47-14-8-5-9-15-47/h4-9,11-12,14-17,20-22,29,36-37,41,48-49,54,70,74,83H,18-19,23-28,30-35,38-40,42-43,69H2,1-3H3,(H,71,84)(H,72,88)(H,73,85)(H,75,86)/t54-,68-/m0/s1. The van der Waals surface area contributed by atoms with Crippen molar-refractivity contribution in [1.29, 1.82) is 0 Å². The molecule has 1 saturated carbocycles. The SMILES string of the molecule is COc1ccc(C#CCNC2(C)CCN(C3CCN(c4nc([C@@](CO)(OC5CC5)c5ccccc5)c5cc(-c6cn(C)c(=O)c7[nH]ccc67)ccc5n4)CC3)CC2)cc1N1CCC(=O)N(CNC(=O)CNC(=O)[C@H](Cc2ccccc2)NC(=O)CNC(=O)CN)C1=O. The van der Waals surface area contributed by atoms with Crippen LogP contribution in [0.1, 0.15) is 74.3 Å². The van der Waals surface area contributed by atoms with E-state index in [0.29, 0.717) is 46.7 Å². The van der Waals surface area contributed by atoms with Crippen molar-refractivity contribution >= 4 is 69.0 Å². The van der Waals surface area contributed by atoms with Crippen LogP contribution in [0.15, 0.2) is 120 Å². The number of benzene rings is 4. The van der Waals surface area contributed by atoms with E-state index in [1.807, 2.05) is 54.7 Å². The minimum absolute atomic E-state index is 0.0223. The number of pyridine rings is 1. The third kappa shape index (κ3) is 14.5. The topological polar surface area (TPSA) is 304 Å². The van der Waals surface area contributed by atoms with Gasteiger partial charge in [0.25, 0.3) is 5.56 Å². The van der Waals surface area contributed by atoms with E-state index in [0.717, 1.165) is 108 Å². The molecule has 3 aromatic heterocycles. The zero-order valence-electron chi connectivity index (χ0n) is 52.0. The van der Waals surface area contributed by atoms with Gasteiger partial charge in [-0.3, -0.25) is 33.7 Å². The lowest BCUT2D eigenvalue weighted by atomic mass is 9.87. The molecule has 7 aromatic rings. The number of urea groups is 1. The smallest absolute Gasteiger partial charge is 0.332 e. The lowest BCUT2D eigenvalue weighted by Gasteiger charge is -2.45. The highest BCUT2D eigenvalue weighted by Crippen LogP contribution is 2.44. The summed E-state index contributed by atoms with van der Waals surface area (Å²) >= 11 is 0. The number of hydrogen-bond acceptors (Lipinski definition) is 16. The number of aliphatic hydroxyl groups excluding tert-OH is 1. The van der Waals surface area contributed by atoms with Crippen LogP contribution in [0.2, 0.25) is 0 Å². The van der Waals surface area contributed by atoms with Crippen molar-refractivity contribution in [2.45, 2.75) is 87.6 Å². The molecule has 3 saturated heterocycles. The predicted octanol–water partition coefficient (Wildman–Crippen LogP) is 3.52. The van der Waals surface area contributed by atoms with Gasteiger partial charge in [-0.25, -0.2) is 19.7 Å². The molecule has 24 nitrogen and oxygen atoms in total. The number of hydrogen-bond donors (Lipinski definition) is 8. The van der Waals surface area contributed by atoms with E-state index in [-0.39, 0.29) is 49.7 Å². The molecule has 92 heavy (non-hydrogen) atoms. The number of imide groups is 1. The van der Waals surface area contributed by atoms with E-state index in [1.165, 1.54) is 12.0 Å². The number of rotatable bonds is 23. The first kappa shape index (κ1) is 64.0. The van der Waals surface area contributed by atoms with Crippen LogP contribution < -0.4 is 52.4 Å². The van der Waals surface area contributed by atoms with E-state index in [1.54, 1.807) is 66.3 Å². The number of nitrogens with two attached hydrogens (primary N) is 1. The maximum absolute atomic E-state index is 14.0. The molecule has 6 heterocycles. The van der Waals surface area contributed by atoms with Gasteiger partial charge < -0.3 is 66.2 Å². The molecule has 4 aliphatic rings. The second kappa shape index (κ2) is 28.3. The normalized spacial score (nSPS) is 17.2. The molecule has 2 atom stereocenters. The monoisotopic (exact) mass is 1250 g/mol. The molecule has 7 amide bonds. The van der Waals surface area contributed by atoms with E-state index in [4.69, 9.17) is 25.2 Å². The van der Waals surface area contributed by atoms with Gasteiger partial charge in [-0.15, -0.1) is 0 Å². The lowest BCUT2D eigenvalue weighted by molar-refractivity contribution is -0.132. The number of fused-ring (bicyclic) bond motifs is 2. The quantitative estimate of drug-likeness (QED) is 0.0425. The average Bonchev–Trinajstić information content (AvgIpc) is 1.15. The second-order valence-electron chi connectivity index (χ2n) is 24.1. The van der Waals surface area contributed by atoms with Crippen molar-refractivity contribution < 1.29 is 43.3 Å². The number of methoxy groups -OCH3 is 1. The number of H-pyrrole nitrogens is 1. The number of piperidine rings is 2. The number of anilines is 2. The van der Waals surface area contributed by atoms with Crippen LogP contribution in [0.25, 0.3) is 32.9 Å². The number of carbonyl (C=O) groups excluding carboxylic acids is 6. The van der Waals surface area contributed by atoms with Gasteiger partial charge in [0.1, 0.15) is 24.0 Å². The Kier molecular flexibility index (Phi) is 19.7. The molecule has 480 valence electrons. The summed E-state index contributed by atoms with van der Waals surface area (Å²) in [5, 5.41) is 26.9. The number of nitrogens with one attached hydrogen (secondary N) is 6. The van der Waals surface area contributed by atoms with Gasteiger partial charge in [-0.2, -0.15) is 0 Å². The summed E-state index contributed by atoms with van der Waals surface area (Å²) in [6.45, 7) is 4.02. The molecule has 24 heteroatoms. The lowest BCUT2D eigenvalue weighted by Crippen LogP contribution is -2.56. The fraction of sp³-hybridized carbons (Fsp3) is 0.397. The molecular formula is C68H78N14O10. The maximum Gasteiger partial charge on any atom is 0.332 e. The van der Waals surface area contributed by atoms with Gasteiger partial charge in [0.15, 0.2) is 5.60 Å². The maximum atomic E-state index is 14.0. The van der Waals surface area contributed by atoms with Crippen molar-refractivity contribution in [3.05, 3.63) is 148 Å². The molecule has 3 aliphatic heterocycles. The molecule has 0 unspecified atom stereocenters. The summed E-state index contributed by atoms with van der Waals surface area (Å²) in [4.78, 5) is 112. The summed E-state index contributed by atoms with van der Waals surface area (Å²) in [5.74, 6) is 4.44. The third-order valence-electron chi connectivity index (χ3n) is 17.8. The van der Waals surface area contributed by atoms with Gasteiger partial charge in [0.05, 0.1) is 62.9 Å². The summed E-state index contributed by atoms with van der Waals surface area (Å²) in [6.07, 6.45) is 9.16. The zero-order chi connectivity index (χ0) is 64.5. The first-order valence-electron chi connectivity index (χ1n) is 31.3. The number of amides is 7. The van der Waals surface area contributed by atoms with Gasteiger partial charge in [-0.1, -0.05) is 78.6 Å². The second-order valence-corrected chi connectivity index (χ2v) is 24.1. The number of likely N-dealkylation sites (tertiary alicyclic amines) is 1. The van der Waals surface area contributed by atoms with Crippen molar-refractivity contribution in [3.8, 4) is 28.7 Å². The fourth-order valence-electron chi connectivity index (χ4n) is 12.4. The van der Waals surface area contributed by atoms with E-state index in [9.17, 15) is 38.7 Å². The number of aryl methyl sites for hydroxylation is 1. The summed E-state index contributed by atoms with van der Waals surface area (Å²) < 4.78 is 14.2. The third-order valence-corrected chi connectivity index (χ3v) is 17.8. The van der Waals surface area contributed by atoms with Gasteiger partial charge in [0, 0.05) is 98.5 Å². The van der Waals surface area contributed by atoms with Crippen LogP contribution in [0.4, 0.5) is 16.4 Å². The Morgan fingerprint density at radius 3 is 2.29 bits per heavy atom. The van der Waals surface area contributed by atoms with Crippen LogP contribution in [0.5, 0.6) is 5.75 Å². The van der Waals surface area contributed by atoms with Crippen molar-refractivity contribution in [3.63, 3.8) is 0 Å². The summed E-state index contributed by atoms with van der Waals surface area (Å²) in [7, 11) is 3.23. The van der Waals surface area contributed by atoms with Gasteiger partial charge >= 0.3 is 6.03 Å². The van der Waals surface area contributed by atoms with Crippen molar-refractivity contribution in [1.82, 2.24) is 55.9 Å². The number of nitrogens with zero attached hydrogens (tertiary/aromatic N) is 7. The Morgan fingerprint density at radius 2 is 1.58 bits per heavy atom. The Labute approximate surface area is 532 Å². The number of aliphatic hydroxyl groups is 1. The first-order chi connectivity index (χ1) is 44.5. The summed E-state index contributed by atoms with van der Waals surface area (Å²) in [6, 6.07) is 30.7. The van der Waals surface area contributed by atoms with E-state index < -0.39 is 67.0 Å². The number of aromatic nitrogens is 4. The van der Waals surface area contributed by atoms with Crippen molar-refractivity contribution in [2.75, 3.05) is 89.1 Å². The van der Waals surface area contributed by atoms with Gasteiger partial charge in [0.2, 0.25) is 35.5 Å². The molecule has 4 aromatic carbocycles. The molecule has 0 bridgehead atoms. The molecule has 4 fully saturated rings.